The highest BCUT2D eigenvalue weighted by Gasteiger charge is 2.19. The van der Waals surface area contributed by atoms with Gasteiger partial charge in [0.2, 0.25) is 0 Å². The number of hydrogen-bond acceptors (Lipinski definition) is 6. The van der Waals surface area contributed by atoms with Crippen molar-refractivity contribution in [2.24, 2.45) is 7.05 Å². The van der Waals surface area contributed by atoms with Crippen LogP contribution in [-0.4, -0.2) is 55.6 Å². The van der Waals surface area contributed by atoms with E-state index in [1.54, 1.807) is 27.1 Å². The molecule has 0 saturated heterocycles. The number of carboxylic acid groups (broad SMARTS) is 1. The molecule has 2 aromatic heterocycles. The van der Waals surface area contributed by atoms with Crippen molar-refractivity contribution >= 4 is 12.1 Å². The first-order chi connectivity index (χ1) is 11.8. The van der Waals surface area contributed by atoms with Gasteiger partial charge in [0.15, 0.2) is 0 Å². The lowest BCUT2D eigenvalue weighted by atomic mass is 10.1. The lowest BCUT2D eigenvalue weighted by Gasteiger charge is -2.16. The fraction of sp³-hybridized carbons (Fsp3) is 0.438. The van der Waals surface area contributed by atoms with Crippen molar-refractivity contribution in [3.8, 4) is 11.4 Å². The van der Waals surface area contributed by atoms with Crippen LogP contribution in [0.25, 0.3) is 11.4 Å². The van der Waals surface area contributed by atoms with Crippen LogP contribution in [0.1, 0.15) is 35.1 Å². The van der Waals surface area contributed by atoms with Gasteiger partial charge in [-0.3, -0.25) is 4.98 Å². The number of aromatic nitrogens is 4. The highest BCUT2D eigenvalue weighted by molar-refractivity contribution is 5.89. The van der Waals surface area contributed by atoms with Crippen LogP contribution in [0.15, 0.2) is 12.1 Å². The zero-order valence-electron chi connectivity index (χ0n) is 14.7. The van der Waals surface area contributed by atoms with Gasteiger partial charge in [0.25, 0.3) is 0 Å². The van der Waals surface area contributed by atoms with Gasteiger partial charge in [0.05, 0.1) is 17.0 Å². The zero-order valence-corrected chi connectivity index (χ0v) is 14.7. The average molecular weight is 347 g/mol. The zero-order chi connectivity index (χ0) is 18.6. The van der Waals surface area contributed by atoms with E-state index in [4.69, 9.17) is 9.84 Å². The maximum absolute atomic E-state index is 11.9. The Morgan fingerprint density at radius 3 is 2.68 bits per heavy atom. The molecule has 0 unspecified atom stereocenters. The number of nitrogens with zero attached hydrogens (tertiary/aromatic N) is 5. The number of carbonyl (C=O) groups excluding carboxylic acids is 1. The van der Waals surface area contributed by atoms with Crippen LogP contribution in [0.4, 0.5) is 4.79 Å². The molecule has 134 valence electrons. The SMILES string of the molecule is CCCN(C)C(=O)OCc1c(-c2ccc(C(=O)O)c(C)n2)nnn1C. The second-order valence-electron chi connectivity index (χ2n) is 5.62. The van der Waals surface area contributed by atoms with Gasteiger partial charge in [0, 0.05) is 20.6 Å². The number of pyridine rings is 1. The minimum atomic E-state index is -1.04. The molecule has 0 radical (unpaired) electrons. The quantitative estimate of drug-likeness (QED) is 0.849. The Balaban J connectivity index is 2.23. The van der Waals surface area contributed by atoms with Gasteiger partial charge in [-0.05, 0) is 25.5 Å². The highest BCUT2D eigenvalue weighted by Crippen LogP contribution is 2.21. The Labute approximate surface area is 145 Å². The second-order valence-corrected chi connectivity index (χ2v) is 5.62. The molecule has 0 aliphatic heterocycles. The first kappa shape index (κ1) is 18.4. The predicted octanol–water partition coefficient (Wildman–Crippen LogP) is 1.86. The number of ether oxygens (including phenoxy) is 1. The molecule has 0 aliphatic rings. The summed E-state index contributed by atoms with van der Waals surface area (Å²) in [4.78, 5) is 28.8. The van der Waals surface area contributed by atoms with Crippen molar-refractivity contribution in [2.45, 2.75) is 26.9 Å². The summed E-state index contributed by atoms with van der Waals surface area (Å²) in [5.74, 6) is -1.04. The van der Waals surface area contributed by atoms with Crippen LogP contribution in [0.5, 0.6) is 0 Å². The molecular weight excluding hydrogens is 326 g/mol. The lowest BCUT2D eigenvalue weighted by molar-refractivity contribution is 0.0695. The summed E-state index contributed by atoms with van der Waals surface area (Å²) in [5, 5.41) is 17.1. The van der Waals surface area contributed by atoms with Gasteiger partial charge in [-0.25, -0.2) is 14.3 Å². The molecule has 2 rings (SSSR count). The van der Waals surface area contributed by atoms with Crippen LogP contribution < -0.4 is 0 Å². The maximum Gasteiger partial charge on any atom is 0.409 e. The molecule has 0 spiro atoms. The monoisotopic (exact) mass is 347 g/mol. The minimum Gasteiger partial charge on any atom is -0.478 e. The average Bonchev–Trinajstić information content (AvgIpc) is 2.93. The first-order valence-corrected chi connectivity index (χ1v) is 7.82. The van der Waals surface area contributed by atoms with E-state index in [-0.39, 0.29) is 12.2 Å². The Bertz CT molecular complexity index is 787. The van der Waals surface area contributed by atoms with Crippen molar-refractivity contribution in [3.05, 3.63) is 29.1 Å². The Morgan fingerprint density at radius 2 is 2.08 bits per heavy atom. The molecule has 0 bridgehead atoms. The third kappa shape index (κ3) is 4.11. The minimum absolute atomic E-state index is 0.00681. The van der Waals surface area contributed by atoms with Crippen LogP contribution in [0, 0.1) is 6.92 Å². The van der Waals surface area contributed by atoms with Crippen molar-refractivity contribution < 1.29 is 19.4 Å². The van der Waals surface area contributed by atoms with Crippen molar-refractivity contribution in [2.75, 3.05) is 13.6 Å². The number of carbonyl (C=O) groups is 2. The topological polar surface area (TPSA) is 110 Å². The normalized spacial score (nSPS) is 10.6. The van der Waals surface area contributed by atoms with Gasteiger partial charge < -0.3 is 14.7 Å². The van der Waals surface area contributed by atoms with Gasteiger partial charge in [-0.1, -0.05) is 12.1 Å². The molecular formula is C16H21N5O4. The Hall–Kier alpha value is -2.97. The van der Waals surface area contributed by atoms with Crippen LogP contribution in [-0.2, 0) is 18.4 Å². The van der Waals surface area contributed by atoms with Crippen molar-refractivity contribution in [3.63, 3.8) is 0 Å². The summed E-state index contributed by atoms with van der Waals surface area (Å²) in [6.45, 7) is 4.18. The van der Waals surface area contributed by atoms with E-state index in [9.17, 15) is 9.59 Å². The number of carboxylic acids is 1. The maximum atomic E-state index is 11.9. The molecule has 0 aromatic carbocycles. The number of hydrogen-bond donors (Lipinski definition) is 1. The lowest BCUT2D eigenvalue weighted by Crippen LogP contribution is -2.28. The third-order valence-corrected chi connectivity index (χ3v) is 3.70. The van der Waals surface area contributed by atoms with Crippen LogP contribution >= 0.6 is 0 Å². The molecule has 0 aliphatic carbocycles. The van der Waals surface area contributed by atoms with Crippen LogP contribution in [0.3, 0.4) is 0 Å². The largest absolute Gasteiger partial charge is 0.478 e. The highest BCUT2D eigenvalue weighted by atomic mass is 16.6. The Morgan fingerprint density at radius 1 is 1.36 bits per heavy atom. The third-order valence-electron chi connectivity index (χ3n) is 3.70. The summed E-state index contributed by atoms with van der Waals surface area (Å²) < 4.78 is 6.80. The summed E-state index contributed by atoms with van der Waals surface area (Å²) in [6, 6.07) is 3.04. The fourth-order valence-electron chi connectivity index (χ4n) is 2.32. The number of aromatic carboxylic acids is 1. The number of aryl methyl sites for hydroxylation is 2. The predicted molar refractivity (Wildman–Crippen MR) is 89.0 cm³/mol. The van der Waals surface area contributed by atoms with Gasteiger partial charge in [-0.2, -0.15) is 0 Å². The van der Waals surface area contributed by atoms with Gasteiger partial charge in [0.1, 0.15) is 18.0 Å². The first-order valence-electron chi connectivity index (χ1n) is 7.82. The summed E-state index contributed by atoms with van der Waals surface area (Å²) in [5.41, 5.74) is 2.01. The van der Waals surface area contributed by atoms with E-state index >= 15 is 0 Å². The van der Waals surface area contributed by atoms with E-state index in [1.165, 1.54) is 15.6 Å². The summed E-state index contributed by atoms with van der Waals surface area (Å²) >= 11 is 0. The molecule has 1 amide bonds. The molecule has 2 aromatic rings. The molecule has 2 heterocycles. The molecule has 0 atom stereocenters. The van der Waals surface area contributed by atoms with Crippen molar-refractivity contribution in [1.29, 1.82) is 0 Å². The fourth-order valence-corrected chi connectivity index (χ4v) is 2.32. The second kappa shape index (κ2) is 7.73. The molecule has 1 N–H and O–H groups in total. The standard InChI is InChI=1S/C16H21N5O4/c1-5-8-20(3)16(24)25-9-13-14(18-19-21(13)4)12-7-6-11(15(22)23)10(2)17-12/h6-7H,5,8-9H2,1-4H3,(H,22,23). The molecule has 0 saturated carbocycles. The number of rotatable bonds is 6. The van der Waals surface area contributed by atoms with Gasteiger partial charge in [-0.15, -0.1) is 5.10 Å². The Kier molecular flexibility index (Phi) is 5.68. The van der Waals surface area contributed by atoms with E-state index in [2.05, 4.69) is 15.3 Å². The van der Waals surface area contributed by atoms with Crippen molar-refractivity contribution in [1.82, 2.24) is 24.9 Å². The molecule has 9 nitrogen and oxygen atoms in total. The van der Waals surface area contributed by atoms with Gasteiger partial charge >= 0.3 is 12.1 Å². The number of amides is 1. The molecule has 0 fully saturated rings. The molecule has 9 heteroatoms. The summed E-state index contributed by atoms with van der Waals surface area (Å²) in [7, 11) is 3.36. The van der Waals surface area contributed by atoms with E-state index in [0.717, 1.165) is 6.42 Å². The van der Waals surface area contributed by atoms with E-state index in [1.807, 2.05) is 6.92 Å². The van der Waals surface area contributed by atoms with E-state index < -0.39 is 12.1 Å². The summed E-state index contributed by atoms with van der Waals surface area (Å²) in [6.07, 6.45) is 0.405. The molecule has 25 heavy (non-hydrogen) atoms. The van der Waals surface area contributed by atoms with E-state index in [0.29, 0.717) is 29.3 Å². The van der Waals surface area contributed by atoms with Crippen LogP contribution in [0.2, 0.25) is 0 Å². The smallest absolute Gasteiger partial charge is 0.409 e.